The van der Waals surface area contributed by atoms with E-state index in [0.717, 1.165) is 5.56 Å². The molecule has 6 nitrogen and oxygen atoms in total. The number of carbonyl (C=O) groups is 1. The third kappa shape index (κ3) is 7.90. The van der Waals surface area contributed by atoms with Crippen LogP contribution >= 0.6 is 24.0 Å². The first-order chi connectivity index (χ1) is 13.2. The molecule has 1 saturated heterocycles. The van der Waals surface area contributed by atoms with E-state index in [4.69, 9.17) is 9.47 Å². The predicted molar refractivity (Wildman–Crippen MR) is 114 cm³/mol. The first kappa shape index (κ1) is 25.3. The molecule has 0 radical (unpaired) electrons. The number of methoxy groups -OCH3 is 1. The van der Waals surface area contributed by atoms with Crippen molar-refractivity contribution in [3.63, 3.8) is 0 Å². The molecule has 1 N–H and O–H groups in total. The molecular weight excluding hydrogens is 502 g/mol. The first-order valence-corrected chi connectivity index (χ1v) is 9.13. The summed E-state index contributed by atoms with van der Waals surface area (Å²) in [6.45, 7) is 4.71. The second-order valence-electron chi connectivity index (χ2n) is 6.73. The van der Waals surface area contributed by atoms with Gasteiger partial charge < -0.3 is 19.7 Å². The molecular formula is C19H27F3IN3O3. The van der Waals surface area contributed by atoms with Crippen LogP contribution in [0.2, 0.25) is 0 Å². The Morgan fingerprint density at radius 3 is 2.69 bits per heavy atom. The highest BCUT2D eigenvalue weighted by atomic mass is 127. The number of ether oxygens (including phenoxy) is 2. The van der Waals surface area contributed by atoms with E-state index in [0.29, 0.717) is 25.6 Å². The van der Waals surface area contributed by atoms with Gasteiger partial charge >= 0.3 is 12.1 Å². The number of benzene rings is 1. The molecule has 0 bridgehead atoms. The topological polar surface area (TPSA) is 63.2 Å². The molecule has 2 rings (SSSR count). The van der Waals surface area contributed by atoms with Gasteiger partial charge in [0, 0.05) is 19.6 Å². The van der Waals surface area contributed by atoms with Crippen LogP contribution in [-0.2, 0) is 16.1 Å². The molecule has 0 amide bonds. The zero-order valence-electron chi connectivity index (χ0n) is 16.7. The molecule has 1 fully saturated rings. The molecule has 2 atom stereocenters. The lowest BCUT2D eigenvalue weighted by atomic mass is 9.99. The van der Waals surface area contributed by atoms with E-state index in [-0.39, 0.29) is 54.1 Å². The Bertz CT molecular complexity index is 701. The number of hydrogen-bond acceptors (Lipinski definition) is 4. The average Bonchev–Trinajstić information content (AvgIpc) is 3.04. The number of esters is 1. The minimum atomic E-state index is -4.38. The standard InChI is InChI=1S/C19H26F3N3O3.HI/c1-4-23-18(25-10-13(2)16(11-25)17(26)27-3)24-9-14-6-5-7-15(8-14)28-12-19(20,21)22;/h5-8,13,16H,4,9-12H2,1-3H3,(H,23,24);1H. The van der Waals surface area contributed by atoms with Gasteiger partial charge in [-0.15, -0.1) is 24.0 Å². The second-order valence-corrected chi connectivity index (χ2v) is 6.73. The minimum Gasteiger partial charge on any atom is -0.484 e. The fraction of sp³-hybridized carbons (Fsp3) is 0.579. The Morgan fingerprint density at radius 2 is 2.07 bits per heavy atom. The van der Waals surface area contributed by atoms with Crippen LogP contribution < -0.4 is 10.1 Å². The molecule has 29 heavy (non-hydrogen) atoms. The number of alkyl halides is 3. The Morgan fingerprint density at radius 1 is 1.34 bits per heavy atom. The van der Waals surface area contributed by atoms with Crippen LogP contribution in [0.3, 0.4) is 0 Å². The van der Waals surface area contributed by atoms with Crippen molar-refractivity contribution < 1.29 is 27.4 Å². The lowest BCUT2D eigenvalue weighted by Gasteiger charge is -2.21. The van der Waals surface area contributed by atoms with E-state index in [1.807, 2.05) is 18.7 Å². The number of nitrogens with zero attached hydrogens (tertiary/aromatic N) is 2. The minimum absolute atomic E-state index is 0. The van der Waals surface area contributed by atoms with Gasteiger partial charge in [0.05, 0.1) is 19.6 Å². The zero-order valence-corrected chi connectivity index (χ0v) is 19.0. The predicted octanol–water partition coefficient (Wildman–Crippen LogP) is 3.45. The van der Waals surface area contributed by atoms with Gasteiger partial charge in [0.25, 0.3) is 0 Å². The summed E-state index contributed by atoms with van der Waals surface area (Å²) in [6, 6.07) is 6.43. The van der Waals surface area contributed by atoms with Crippen molar-refractivity contribution in [3.05, 3.63) is 29.8 Å². The molecule has 0 aliphatic carbocycles. The fourth-order valence-corrected chi connectivity index (χ4v) is 3.09. The third-order valence-corrected chi connectivity index (χ3v) is 4.46. The normalized spacial score (nSPS) is 19.5. The maximum atomic E-state index is 12.3. The highest BCUT2D eigenvalue weighted by Gasteiger charge is 2.36. The molecule has 2 unspecified atom stereocenters. The Hall–Kier alpha value is -1.72. The molecule has 1 aliphatic heterocycles. The van der Waals surface area contributed by atoms with Gasteiger partial charge in [-0.3, -0.25) is 4.79 Å². The fourth-order valence-electron chi connectivity index (χ4n) is 3.09. The number of carbonyl (C=O) groups excluding carboxylic acids is 1. The summed E-state index contributed by atoms with van der Waals surface area (Å²) in [5, 5.41) is 3.20. The second kappa shape index (κ2) is 11.5. The van der Waals surface area contributed by atoms with Crippen molar-refractivity contribution in [2.24, 2.45) is 16.8 Å². The smallest absolute Gasteiger partial charge is 0.422 e. The lowest BCUT2D eigenvalue weighted by Crippen LogP contribution is -2.40. The quantitative estimate of drug-likeness (QED) is 0.265. The Labute approximate surface area is 185 Å². The average molecular weight is 529 g/mol. The molecule has 1 aliphatic rings. The van der Waals surface area contributed by atoms with Crippen LogP contribution in [0.25, 0.3) is 0 Å². The number of halogens is 4. The van der Waals surface area contributed by atoms with Crippen molar-refractivity contribution in [1.29, 1.82) is 0 Å². The number of likely N-dealkylation sites (tertiary alicyclic amines) is 1. The summed E-state index contributed by atoms with van der Waals surface area (Å²) in [5.74, 6) is 0.488. The van der Waals surface area contributed by atoms with Crippen LogP contribution in [0.5, 0.6) is 5.75 Å². The van der Waals surface area contributed by atoms with Crippen molar-refractivity contribution in [2.75, 3.05) is 33.4 Å². The summed E-state index contributed by atoms with van der Waals surface area (Å²) in [6.07, 6.45) is -4.38. The van der Waals surface area contributed by atoms with Gasteiger partial charge in [-0.1, -0.05) is 19.1 Å². The molecule has 1 aromatic carbocycles. The van der Waals surface area contributed by atoms with Gasteiger partial charge in [-0.2, -0.15) is 13.2 Å². The molecule has 0 aromatic heterocycles. The molecule has 164 valence electrons. The SMILES string of the molecule is CCNC(=NCc1cccc(OCC(F)(F)F)c1)N1CC(C)C(C(=O)OC)C1.I. The number of aliphatic imine (C=N–C) groups is 1. The van der Waals surface area contributed by atoms with Crippen LogP contribution in [0.15, 0.2) is 29.3 Å². The highest BCUT2D eigenvalue weighted by molar-refractivity contribution is 14.0. The molecule has 0 spiro atoms. The van der Waals surface area contributed by atoms with Gasteiger partial charge in [0.1, 0.15) is 5.75 Å². The van der Waals surface area contributed by atoms with Crippen LogP contribution in [0, 0.1) is 11.8 Å². The molecule has 10 heteroatoms. The number of nitrogens with one attached hydrogen (secondary N) is 1. The summed E-state index contributed by atoms with van der Waals surface area (Å²) < 4.78 is 46.6. The van der Waals surface area contributed by atoms with Gasteiger partial charge in [-0.05, 0) is 30.5 Å². The maximum Gasteiger partial charge on any atom is 0.422 e. The molecule has 1 aromatic rings. The maximum absolute atomic E-state index is 12.3. The van der Waals surface area contributed by atoms with Gasteiger partial charge in [0.15, 0.2) is 12.6 Å². The van der Waals surface area contributed by atoms with Crippen molar-refractivity contribution in [1.82, 2.24) is 10.2 Å². The largest absolute Gasteiger partial charge is 0.484 e. The number of rotatable bonds is 6. The summed E-state index contributed by atoms with van der Waals surface area (Å²) in [5.41, 5.74) is 0.729. The monoisotopic (exact) mass is 529 g/mol. The first-order valence-electron chi connectivity index (χ1n) is 9.13. The molecule has 0 saturated carbocycles. The highest BCUT2D eigenvalue weighted by Crippen LogP contribution is 2.24. The van der Waals surface area contributed by atoms with E-state index in [2.05, 4.69) is 10.3 Å². The Kier molecular flexibility index (Phi) is 10.0. The summed E-state index contributed by atoms with van der Waals surface area (Å²) in [7, 11) is 1.38. The van der Waals surface area contributed by atoms with E-state index >= 15 is 0 Å². The van der Waals surface area contributed by atoms with Crippen LogP contribution in [0.1, 0.15) is 19.4 Å². The van der Waals surface area contributed by atoms with E-state index in [9.17, 15) is 18.0 Å². The summed E-state index contributed by atoms with van der Waals surface area (Å²) >= 11 is 0. The van der Waals surface area contributed by atoms with E-state index < -0.39 is 12.8 Å². The van der Waals surface area contributed by atoms with Crippen LogP contribution in [-0.4, -0.2) is 56.4 Å². The van der Waals surface area contributed by atoms with Crippen molar-refractivity contribution in [3.8, 4) is 5.75 Å². The number of guanidine groups is 1. The Balaban J connectivity index is 0.00000420. The number of hydrogen-bond donors (Lipinski definition) is 1. The lowest BCUT2D eigenvalue weighted by molar-refractivity contribution is -0.153. The van der Waals surface area contributed by atoms with Gasteiger partial charge in [0.2, 0.25) is 0 Å². The van der Waals surface area contributed by atoms with Crippen LogP contribution in [0.4, 0.5) is 13.2 Å². The zero-order chi connectivity index (χ0) is 20.7. The third-order valence-electron chi connectivity index (χ3n) is 4.46. The summed E-state index contributed by atoms with van der Waals surface area (Å²) in [4.78, 5) is 18.5. The van der Waals surface area contributed by atoms with Gasteiger partial charge in [-0.25, -0.2) is 4.99 Å². The van der Waals surface area contributed by atoms with E-state index in [1.165, 1.54) is 13.2 Å². The molecule has 1 heterocycles. The van der Waals surface area contributed by atoms with Crippen molar-refractivity contribution >= 4 is 35.9 Å². The van der Waals surface area contributed by atoms with E-state index in [1.54, 1.807) is 18.2 Å². The van der Waals surface area contributed by atoms with Crippen molar-refractivity contribution in [2.45, 2.75) is 26.6 Å².